The summed E-state index contributed by atoms with van der Waals surface area (Å²) in [5.41, 5.74) is 0. The van der Waals surface area contributed by atoms with Crippen molar-refractivity contribution < 1.29 is 9.53 Å². The third-order valence-corrected chi connectivity index (χ3v) is 2.43. The highest BCUT2D eigenvalue weighted by Gasteiger charge is 2.31. The maximum atomic E-state index is 11.5. The SMILES string of the molecule is CCC1COCC(=O)C1NC(C)C. The molecule has 1 rings (SSSR count). The van der Waals surface area contributed by atoms with E-state index in [0.29, 0.717) is 18.6 Å². The topological polar surface area (TPSA) is 38.3 Å². The molecule has 1 aliphatic rings. The van der Waals surface area contributed by atoms with E-state index in [0.717, 1.165) is 6.42 Å². The molecule has 2 unspecified atom stereocenters. The molecule has 1 fully saturated rings. The minimum atomic E-state index is 0.0127. The van der Waals surface area contributed by atoms with Gasteiger partial charge in [-0.2, -0.15) is 0 Å². The molecule has 2 atom stereocenters. The molecule has 0 aliphatic carbocycles. The summed E-state index contributed by atoms with van der Waals surface area (Å²) in [6.45, 7) is 7.22. The summed E-state index contributed by atoms with van der Waals surface area (Å²) in [5, 5.41) is 3.30. The Morgan fingerprint density at radius 2 is 2.31 bits per heavy atom. The van der Waals surface area contributed by atoms with E-state index in [1.165, 1.54) is 0 Å². The lowest BCUT2D eigenvalue weighted by Gasteiger charge is -2.31. The molecule has 76 valence electrons. The smallest absolute Gasteiger partial charge is 0.175 e. The average Bonchev–Trinajstić information content (AvgIpc) is 2.08. The zero-order valence-electron chi connectivity index (χ0n) is 8.67. The van der Waals surface area contributed by atoms with Gasteiger partial charge in [0, 0.05) is 12.0 Å². The molecule has 0 radical (unpaired) electrons. The lowest BCUT2D eigenvalue weighted by molar-refractivity contribution is -0.133. The van der Waals surface area contributed by atoms with E-state index >= 15 is 0 Å². The van der Waals surface area contributed by atoms with E-state index in [-0.39, 0.29) is 18.4 Å². The van der Waals surface area contributed by atoms with E-state index in [4.69, 9.17) is 4.74 Å². The summed E-state index contributed by atoms with van der Waals surface area (Å²) in [5.74, 6) is 0.551. The van der Waals surface area contributed by atoms with Crippen LogP contribution in [-0.2, 0) is 9.53 Å². The number of hydrogen-bond acceptors (Lipinski definition) is 3. The largest absolute Gasteiger partial charge is 0.373 e. The van der Waals surface area contributed by atoms with Crippen molar-refractivity contribution in [3.63, 3.8) is 0 Å². The molecule has 1 saturated heterocycles. The number of rotatable bonds is 3. The number of nitrogens with one attached hydrogen (secondary N) is 1. The van der Waals surface area contributed by atoms with Crippen molar-refractivity contribution in [2.75, 3.05) is 13.2 Å². The highest BCUT2D eigenvalue weighted by atomic mass is 16.5. The van der Waals surface area contributed by atoms with Gasteiger partial charge in [0.15, 0.2) is 5.78 Å². The van der Waals surface area contributed by atoms with Crippen LogP contribution in [0.3, 0.4) is 0 Å². The maximum Gasteiger partial charge on any atom is 0.175 e. The van der Waals surface area contributed by atoms with Crippen LogP contribution in [0, 0.1) is 5.92 Å². The lowest BCUT2D eigenvalue weighted by atomic mass is 9.92. The second kappa shape index (κ2) is 4.72. The predicted octanol–water partition coefficient (Wildman–Crippen LogP) is 0.978. The molecular formula is C10H19NO2. The summed E-state index contributed by atoms with van der Waals surface area (Å²) in [6.07, 6.45) is 0.996. The minimum Gasteiger partial charge on any atom is -0.373 e. The van der Waals surface area contributed by atoms with Crippen LogP contribution >= 0.6 is 0 Å². The molecule has 0 aromatic carbocycles. The van der Waals surface area contributed by atoms with Crippen molar-refractivity contribution in [2.45, 2.75) is 39.3 Å². The van der Waals surface area contributed by atoms with Gasteiger partial charge in [-0.3, -0.25) is 4.79 Å². The molecule has 3 heteroatoms. The molecule has 1 heterocycles. The third-order valence-electron chi connectivity index (χ3n) is 2.43. The Bertz CT molecular complexity index is 180. The first-order valence-electron chi connectivity index (χ1n) is 5.01. The van der Waals surface area contributed by atoms with Crippen molar-refractivity contribution in [1.82, 2.24) is 5.32 Å². The van der Waals surface area contributed by atoms with Crippen LogP contribution in [0.1, 0.15) is 27.2 Å². The Hall–Kier alpha value is -0.410. The van der Waals surface area contributed by atoms with Crippen molar-refractivity contribution >= 4 is 5.78 Å². The predicted molar refractivity (Wildman–Crippen MR) is 51.7 cm³/mol. The first-order chi connectivity index (χ1) is 6.15. The average molecular weight is 185 g/mol. The second-order valence-electron chi connectivity index (χ2n) is 3.95. The molecule has 1 N–H and O–H groups in total. The minimum absolute atomic E-state index is 0.0127. The Morgan fingerprint density at radius 1 is 1.62 bits per heavy atom. The van der Waals surface area contributed by atoms with Gasteiger partial charge in [-0.15, -0.1) is 0 Å². The van der Waals surface area contributed by atoms with Crippen molar-refractivity contribution in [1.29, 1.82) is 0 Å². The Balaban J connectivity index is 2.56. The summed E-state index contributed by atoms with van der Waals surface area (Å²) in [7, 11) is 0. The zero-order valence-corrected chi connectivity index (χ0v) is 8.67. The van der Waals surface area contributed by atoms with Crippen LogP contribution in [0.15, 0.2) is 0 Å². The number of ether oxygens (including phenoxy) is 1. The van der Waals surface area contributed by atoms with Crippen molar-refractivity contribution in [3.05, 3.63) is 0 Å². The van der Waals surface area contributed by atoms with Crippen molar-refractivity contribution in [3.8, 4) is 0 Å². The molecule has 0 aromatic rings. The Kier molecular flexibility index (Phi) is 3.88. The standard InChI is InChI=1S/C10H19NO2/c1-4-8-5-13-6-9(12)10(8)11-7(2)3/h7-8,10-11H,4-6H2,1-3H3. The second-order valence-corrected chi connectivity index (χ2v) is 3.95. The van der Waals surface area contributed by atoms with E-state index in [1.54, 1.807) is 0 Å². The lowest BCUT2D eigenvalue weighted by Crippen LogP contribution is -2.51. The van der Waals surface area contributed by atoms with Gasteiger partial charge in [-0.05, 0) is 6.42 Å². The monoisotopic (exact) mass is 185 g/mol. The normalized spacial score (nSPS) is 29.7. The number of hydrogen-bond donors (Lipinski definition) is 1. The molecular weight excluding hydrogens is 166 g/mol. The maximum absolute atomic E-state index is 11.5. The summed E-state index contributed by atoms with van der Waals surface area (Å²) < 4.78 is 5.21. The van der Waals surface area contributed by atoms with Gasteiger partial charge in [0.1, 0.15) is 6.61 Å². The molecule has 13 heavy (non-hydrogen) atoms. The van der Waals surface area contributed by atoms with E-state index in [2.05, 4.69) is 26.1 Å². The summed E-state index contributed by atoms with van der Waals surface area (Å²) in [6, 6.07) is 0.375. The highest BCUT2D eigenvalue weighted by Crippen LogP contribution is 2.15. The van der Waals surface area contributed by atoms with Crippen LogP contribution in [0.2, 0.25) is 0 Å². The quantitative estimate of drug-likeness (QED) is 0.712. The molecule has 0 bridgehead atoms. The zero-order chi connectivity index (χ0) is 9.84. The molecule has 1 aliphatic heterocycles. The van der Waals surface area contributed by atoms with Crippen LogP contribution in [-0.4, -0.2) is 31.1 Å². The summed E-state index contributed by atoms with van der Waals surface area (Å²) >= 11 is 0. The van der Waals surface area contributed by atoms with Gasteiger partial charge in [-0.25, -0.2) is 0 Å². The Labute approximate surface area is 79.8 Å². The van der Waals surface area contributed by atoms with Gasteiger partial charge < -0.3 is 10.1 Å². The van der Waals surface area contributed by atoms with Gasteiger partial charge >= 0.3 is 0 Å². The molecule has 0 aromatic heterocycles. The van der Waals surface area contributed by atoms with Crippen LogP contribution in [0.5, 0.6) is 0 Å². The molecule has 3 nitrogen and oxygen atoms in total. The number of carbonyl (C=O) groups excluding carboxylic acids is 1. The third kappa shape index (κ3) is 2.78. The van der Waals surface area contributed by atoms with Gasteiger partial charge in [0.2, 0.25) is 0 Å². The first kappa shape index (κ1) is 10.7. The molecule has 0 spiro atoms. The molecule has 0 amide bonds. The number of carbonyl (C=O) groups is 1. The number of ketones is 1. The van der Waals surface area contributed by atoms with Gasteiger partial charge in [-0.1, -0.05) is 20.8 Å². The summed E-state index contributed by atoms with van der Waals surface area (Å²) in [4.78, 5) is 11.5. The van der Waals surface area contributed by atoms with Crippen molar-refractivity contribution in [2.24, 2.45) is 5.92 Å². The van der Waals surface area contributed by atoms with Gasteiger partial charge in [0.05, 0.1) is 12.6 Å². The van der Waals surface area contributed by atoms with Crippen LogP contribution in [0.25, 0.3) is 0 Å². The number of Topliss-reactive ketones (excluding diaryl/α,β-unsaturated/α-hetero) is 1. The fourth-order valence-corrected chi connectivity index (χ4v) is 1.70. The van der Waals surface area contributed by atoms with Crippen LogP contribution in [0.4, 0.5) is 0 Å². The molecule has 0 saturated carbocycles. The van der Waals surface area contributed by atoms with E-state index < -0.39 is 0 Å². The van der Waals surface area contributed by atoms with Gasteiger partial charge in [0.25, 0.3) is 0 Å². The first-order valence-corrected chi connectivity index (χ1v) is 5.01. The van der Waals surface area contributed by atoms with E-state index in [1.807, 2.05) is 0 Å². The highest BCUT2D eigenvalue weighted by molar-refractivity contribution is 5.86. The van der Waals surface area contributed by atoms with Crippen LogP contribution < -0.4 is 5.32 Å². The Morgan fingerprint density at radius 3 is 2.85 bits per heavy atom. The fourth-order valence-electron chi connectivity index (χ4n) is 1.70. The van der Waals surface area contributed by atoms with E-state index in [9.17, 15) is 4.79 Å². The fraction of sp³-hybridized carbons (Fsp3) is 0.900.